The van der Waals surface area contributed by atoms with Gasteiger partial charge in [0.15, 0.2) is 17.6 Å². The van der Waals surface area contributed by atoms with Gasteiger partial charge in [0.1, 0.15) is 6.61 Å². The Balaban J connectivity index is 1.31. The quantitative estimate of drug-likeness (QED) is 0.921. The lowest BCUT2D eigenvalue weighted by Gasteiger charge is -2.30. The number of fused-ring (bicyclic) bond motifs is 2. The molecule has 0 saturated carbocycles. The molecule has 4 rings (SSSR count). The van der Waals surface area contributed by atoms with Crippen LogP contribution in [0.4, 0.5) is 4.79 Å². The lowest BCUT2D eigenvalue weighted by atomic mass is 10.1. The number of nitrogens with one attached hydrogen (secondary N) is 1. The van der Waals surface area contributed by atoms with E-state index in [4.69, 9.17) is 9.47 Å². The highest BCUT2D eigenvalue weighted by Crippen LogP contribution is 2.30. The lowest BCUT2D eigenvalue weighted by Crippen LogP contribution is -2.47. The van der Waals surface area contributed by atoms with Crippen molar-refractivity contribution in [1.82, 2.24) is 10.2 Å². The van der Waals surface area contributed by atoms with Crippen LogP contribution in [0.1, 0.15) is 10.4 Å². The van der Waals surface area contributed by atoms with Crippen molar-refractivity contribution in [2.45, 2.75) is 19.1 Å². The summed E-state index contributed by atoms with van der Waals surface area (Å²) < 4.78 is 11.5. The second-order valence-electron chi connectivity index (χ2n) is 5.72. The van der Waals surface area contributed by atoms with E-state index in [0.29, 0.717) is 19.7 Å². The standard InChI is InChI=1S/C17H18N2O3S/c20-17(19-7-5-16-12(10-19)6-8-23-16)18-9-13-11-21-14-3-1-2-4-15(14)22-13/h1-4,6,8,13H,5,7,9-11H2,(H,18,20)/t13-/m0/s1. The molecule has 0 spiro atoms. The van der Waals surface area contributed by atoms with Crippen molar-refractivity contribution >= 4 is 17.4 Å². The summed E-state index contributed by atoms with van der Waals surface area (Å²) in [6.07, 6.45) is 0.784. The van der Waals surface area contributed by atoms with Crippen molar-refractivity contribution in [3.8, 4) is 11.5 Å². The van der Waals surface area contributed by atoms with Crippen LogP contribution in [-0.4, -0.2) is 36.7 Å². The summed E-state index contributed by atoms with van der Waals surface area (Å²) in [6, 6.07) is 9.66. The van der Waals surface area contributed by atoms with Gasteiger partial charge >= 0.3 is 6.03 Å². The van der Waals surface area contributed by atoms with E-state index < -0.39 is 0 Å². The van der Waals surface area contributed by atoms with Gasteiger partial charge in [-0.25, -0.2) is 4.79 Å². The van der Waals surface area contributed by atoms with Crippen LogP contribution in [0.2, 0.25) is 0 Å². The Morgan fingerprint density at radius 2 is 2.17 bits per heavy atom. The van der Waals surface area contributed by atoms with Gasteiger partial charge in [-0.05, 0) is 35.6 Å². The number of nitrogens with zero attached hydrogens (tertiary/aromatic N) is 1. The molecule has 5 nitrogen and oxygen atoms in total. The average Bonchev–Trinajstić information content (AvgIpc) is 3.07. The number of carbonyl (C=O) groups is 1. The first-order valence-corrected chi connectivity index (χ1v) is 8.64. The highest BCUT2D eigenvalue weighted by Gasteiger charge is 2.24. The average molecular weight is 330 g/mol. The van der Waals surface area contributed by atoms with Crippen LogP contribution < -0.4 is 14.8 Å². The Morgan fingerprint density at radius 1 is 1.30 bits per heavy atom. The van der Waals surface area contributed by atoms with E-state index in [2.05, 4.69) is 16.8 Å². The van der Waals surface area contributed by atoms with Crippen LogP contribution in [0.5, 0.6) is 11.5 Å². The number of ether oxygens (including phenoxy) is 2. The van der Waals surface area contributed by atoms with Crippen molar-refractivity contribution in [3.63, 3.8) is 0 Å². The monoisotopic (exact) mass is 330 g/mol. The van der Waals surface area contributed by atoms with E-state index in [1.807, 2.05) is 29.2 Å². The number of urea groups is 1. The Morgan fingerprint density at radius 3 is 3.09 bits per heavy atom. The van der Waals surface area contributed by atoms with E-state index in [0.717, 1.165) is 24.5 Å². The van der Waals surface area contributed by atoms with E-state index in [-0.39, 0.29) is 12.1 Å². The molecule has 1 atom stereocenters. The fourth-order valence-electron chi connectivity index (χ4n) is 2.90. The summed E-state index contributed by atoms with van der Waals surface area (Å²) in [5.41, 5.74) is 1.27. The molecule has 1 aromatic heterocycles. The molecule has 0 fully saturated rings. The molecule has 2 amide bonds. The largest absolute Gasteiger partial charge is 0.486 e. The number of hydrogen-bond acceptors (Lipinski definition) is 4. The minimum atomic E-state index is -0.157. The highest BCUT2D eigenvalue weighted by atomic mass is 32.1. The van der Waals surface area contributed by atoms with Crippen LogP contribution in [0.25, 0.3) is 0 Å². The maximum atomic E-state index is 12.3. The van der Waals surface area contributed by atoms with Crippen molar-refractivity contribution < 1.29 is 14.3 Å². The number of benzene rings is 1. The molecule has 0 saturated heterocycles. The van der Waals surface area contributed by atoms with E-state index in [1.54, 1.807) is 11.3 Å². The van der Waals surface area contributed by atoms with Crippen molar-refractivity contribution in [2.75, 3.05) is 19.7 Å². The highest BCUT2D eigenvalue weighted by molar-refractivity contribution is 7.10. The molecule has 23 heavy (non-hydrogen) atoms. The third kappa shape index (κ3) is 2.99. The molecule has 2 aliphatic heterocycles. The number of amides is 2. The molecule has 0 aliphatic carbocycles. The molecule has 1 N–H and O–H groups in total. The SMILES string of the molecule is O=C(NC[C@H]1COc2ccccc2O1)N1CCc2sccc2C1. The zero-order valence-corrected chi connectivity index (χ0v) is 13.5. The van der Waals surface area contributed by atoms with Crippen molar-refractivity contribution in [2.24, 2.45) is 0 Å². The molecule has 1 aromatic carbocycles. The number of hydrogen-bond donors (Lipinski definition) is 1. The second kappa shape index (κ2) is 6.12. The fourth-order valence-corrected chi connectivity index (χ4v) is 3.79. The first-order chi connectivity index (χ1) is 11.3. The van der Waals surface area contributed by atoms with Gasteiger partial charge in [-0.1, -0.05) is 12.1 Å². The molecular weight excluding hydrogens is 312 g/mol. The maximum Gasteiger partial charge on any atom is 0.317 e. The first kappa shape index (κ1) is 14.4. The number of rotatable bonds is 2. The number of carbonyl (C=O) groups excluding carboxylic acids is 1. The third-order valence-electron chi connectivity index (χ3n) is 4.14. The summed E-state index contributed by atoms with van der Waals surface area (Å²) >= 11 is 1.77. The van der Waals surface area contributed by atoms with E-state index in [1.165, 1.54) is 10.4 Å². The van der Waals surface area contributed by atoms with Gasteiger partial charge in [0.05, 0.1) is 6.54 Å². The van der Waals surface area contributed by atoms with Gasteiger partial charge in [-0.2, -0.15) is 0 Å². The lowest BCUT2D eigenvalue weighted by molar-refractivity contribution is 0.0898. The van der Waals surface area contributed by atoms with Gasteiger partial charge in [0, 0.05) is 18.0 Å². The maximum absolute atomic E-state index is 12.3. The van der Waals surface area contributed by atoms with Crippen LogP contribution in [-0.2, 0) is 13.0 Å². The zero-order chi connectivity index (χ0) is 15.6. The van der Waals surface area contributed by atoms with Crippen LogP contribution in [0.15, 0.2) is 35.7 Å². The smallest absolute Gasteiger partial charge is 0.317 e. The minimum Gasteiger partial charge on any atom is -0.486 e. The van der Waals surface area contributed by atoms with Gasteiger partial charge in [-0.3, -0.25) is 0 Å². The van der Waals surface area contributed by atoms with Crippen LogP contribution >= 0.6 is 11.3 Å². The van der Waals surface area contributed by atoms with Crippen LogP contribution in [0, 0.1) is 0 Å². The predicted molar refractivity (Wildman–Crippen MR) is 88.2 cm³/mol. The van der Waals surface area contributed by atoms with Gasteiger partial charge in [-0.15, -0.1) is 11.3 Å². The summed E-state index contributed by atoms with van der Waals surface area (Å²) in [6.45, 7) is 2.35. The van der Waals surface area contributed by atoms with E-state index >= 15 is 0 Å². The van der Waals surface area contributed by atoms with E-state index in [9.17, 15) is 4.79 Å². The Bertz CT molecular complexity index is 715. The summed E-state index contributed by atoms with van der Waals surface area (Å²) in [4.78, 5) is 15.6. The Kier molecular flexibility index (Phi) is 3.83. The first-order valence-electron chi connectivity index (χ1n) is 7.76. The van der Waals surface area contributed by atoms with Crippen molar-refractivity contribution in [3.05, 3.63) is 46.2 Å². The normalized spacial score (nSPS) is 19.1. The molecular formula is C17H18N2O3S. The Labute approximate surface area is 138 Å². The summed E-state index contributed by atoms with van der Waals surface area (Å²) in [7, 11) is 0. The molecule has 0 bridgehead atoms. The second-order valence-corrected chi connectivity index (χ2v) is 6.72. The fraction of sp³-hybridized carbons (Fsp3) is 0.353. The molecule has 2 aliphatic rings. The molecule has 0 unspecified atom stereocenters. The number of para-hydroxylation sites is 2. The summed E-state index contributed by atoms with van der Waals surface area (Å²) in [5, 5.41) is 5.06. The number of thiophene rings is 1. The van der Waals surface area contributed by atoms with Gasteiger partial charge in [0.2, 0.25) is 0 Å². The molecule has 3 heterocycles. The Hall–Kier alpha value is -2.21. The molecule has 6 heteroatoms. The van der Waals surface area contributed by atoms with Gasteiger partial charge in [0.25, 0.3) is 0 Å². The molecule has 2 aromatic rings. The summed E-state index contributed by atoms with van der Waals surface area (Å²) in [5.74, 6) is 1.50. The zero-order valence-electron chi connectivity index (χ0n) is 12.7. The van der Waals surface area contributed by atoms with Crippen molar-refractivity contribution in [1.29, 1.82) is 0 Å². The molecule has 0 radical (unpaired) electrons. The molecule has 120 valence electrons. The minimum absolute atomic E-state index is 0.0377. The third-order valence-corrected chi connectivity index (χ3v) is 5.17. The van der Waals surface area contributed by atoms with Gasteiger partial charge < -0.3 is 19.7 Å². The predicted octanol–water partition coefficient (Wildman–Crippen LogP) is 2.66. The topological polar surface area (TPSA) is 50.8 Å². The van der Waals surface area contributed by atoms with Crippen LogP contribution in [0.3, 0.4) is 0 Å².